The van der Waals surface area contributed by atoms with Gasteiger partial charge < -0.3 is 4.74 Å². The quantitative estimate of drug-likeness (QED) is 0.463. The van der Waals surface area contributed by atoms with Crippen LogP contribution in [0, 0.1) is 0 Å². The molecule has 3 rings (SSSR count). The van der Waals surface area contributed by atoms with Gasteiger partial charge in [0.25, 0.3) is 0 Å². The molecule has 3 aromatic carbocycles. The molecule has 0 saturated heterocycles. The standard InChI is InChI=1S/C24H23NO2/c1-2-22(19-12-6-3-7-13-19)27-23(26)18-25-24(20-14-8-4-9-15-20)21-16-10-5-11-17-21/h2-17,22,24-25H,1,18H2. The maximum atomic E-state index is 12.4. The number of hydrogen-bond donors (Lipinski definition) is 1. The number of hydrogen-bond acceptors (Lipinski definition) is 3. The SMILES string of the molecule is C=CC(OC(=O)CNC(c1ccccc1)c1ccccc1)c1ccccc1. The molecule has 0 aromatic heterocycles. The van der Waals surface area contributed by atoms with Crippen molar-refractivity contribution in [2.75, 3.05) is 6.54 Å². The Morgan fingerprint density at radius 3 is 1.70 bits per heavy atom. The third-order valence-corrected chi connectivity index (χ3v) is 4.32. The second-order valence-electron chi connectivity index (χ2n) is 6.19. The average molecular weight is 357 g/mol. The van der Waals surface area contributed by atoms with Crippen LogP contribution in [0.5, 0.6) is 0 Å². The number of carbonyl (C=O) groups excluding carboxylic acids is 1. The van der Waals surface area contributed by atoms with Gasteiger partial charge in [-0.2, -0.15) is 0 Å². The zero-order chi connectivity index (χ0) is 18.9. The molecule has 1 atom stereocenters. The molecule has 0 heterocycles. The Hall–Kier alpha value is -3.17. The van der Waals surface area contributed by atoms with E-state index in [-0.39, 0.29) is 18.6 Å². The molecule has 136 valence electrons. The molecule has 0 saturated carbocycles. The lowest BCUT2D eigenvalue weighted by Crippen LogP contribution is -2.30. The molecule has 0 amide bonds. The highest BCUT2D eigenvalue weighted by molar-refractivity contribution is 5.72. The van der Waals surface area contributed by atoms with Gasteiger partial charge >= 0.3 is 5.97 Å². The molecular weight excluding hydrogens is 334 g/mol. The second-order valence-corrected chi connectivity index (χ2v) is 6.19. The van der Waals surface area contributed by atoms with Gasteiger partial charge in [0, 0.05) is 0 Å². The lowest BCUT2D eigenvalue weighted by Gasteiger charge is -2.20. The van der Waals surface area contributed by atoms with Crippen molar-refractivity contribution in [1.82, 2.24) is 5.32 Å². The fraction of sp³-hybridized carbons (Fsp3) is 0.125. The van der Waals surface area contributed by atoms with Gasteiger partial charge in [0.2, 0.25) is 0 Å². The number of benzene rings is 3. The minimum atomic E-state index is -0.451. The van der Waals surface area contributed by atoms with Crippen LogP contribution in [-0.4, -0.2) is 12.5 Å². The van der Waals surface area contributed by atoms with E-state index in [9.17, 15) is 4.79 Å². The van der Waals surface area contributed by atoms with Gasteiger partial charge in [-0.15, -0.1) is 0 Å². The zero-order valence-electron chi connectivity index (χ0n) is 15.1. The summed E-state index contributed by atoms with van der Waals surface area (Å²) in [4.78, 5) is 12.4. The predicted molar refractivity (Wildman–Crippen MR) is 108 cm³/mol. The Balaban J connectivity index is 1.68. The number of ether oxygens (including phenoxy) is 1. The second kappa shape index (κ2) is 9.51. The summed E-state index contributed by atoms with van der Waals surface area (Å²) in [5, 5.41) is 3.32. The van der Waals surface area contributed by atoms with Crippen LogP contribution in [0.4, 0.5) is 0 Å². The molecule has 0 bridgehead atoms. The van der Waals surface area contributed by atoms with Gasteiger partial charge in [0.1, 0.15) is 6.10 Å². The van der Waals surface area contributed by atoms with E-state index in [0.717, 1.165) is 16.7 Å². The molecule has 3 nitrogen and oxygen atoms in total. The number of rotatable bonds is 8. The molecule has 1 unspecified atom stereocenters. The molecule has 0 aliphatic rings. The van der Waals surface area contributed by atoms with E-state index in [1.54, 1.807) is 6.08 Å². The normalized spacial score (nSPS) is 11.7. The molecule has 27 heavy (non-hydrogen) atoms. The first-order chi connectivity index (χ1) is 13.3. The van der Waals surface area contributed by atoms with Crippen molar-refractivity contribution in [3.63, 3.8) is 0 Å². The predicted octanol–water partition coefficient (Wildman–Crippen LogP) is 4.84. The van der Waals surface area contributed by atoms with Crippen LogP contribution >= 0.6 is 0 Å². The van der Waals surface area contributed by atoms with Crippen LogP contribution < -0.4 is 5.32 Å². The summed E-state index contributed by atoms with van der Waals surface area (Å²) in [7, 11) is 0. The third-order valence-electron chi connectivity index (χ3n) is 4.32. The van der Waals surface area contributed by atoms with Gasteiger partial charge in [-0.1, -0.05) is 97.6 Å². The summed E-state index contributed by atoms with van der Waals surface area (Å²) in [6.45, 7) is 3.89. The molecule has 0 spiro atoms. The first-order valence-electron chi connectivity index (χ1n) is 8.98. The van der Waals surface area contributed by atoms with Crippen molar-refractivity contribution in [3.8, 4) is 0 Å². The van der Waals surface area contributed by atoms with Gasteiger partial charge in [-0.05, 0) is 22.8 Å². The van der Waals surface area contributed by atoms with Crippen molar-refractivity contribution in [2.24, 2.45) is 0 Å². The molecule has 0 aliphatic carbocycles. The molecule has 0 aliphatic heterocycles. The molecule has 0 fully saturated rings. The van der Waals surface area contributed by atoms with Gasteiger partial charge in [-0.3, -0.25) is 10.1 Å². The minimum absolute atomic E-state index is 0.0844. The Morgan fingerprint density at radius 2 is 1.26 bits per heavy atom. The molecule has 3 heteroatoms. The van der Waals surface area contributed by atoms with E-state index in [1.807, 2.05) is 91.0 Å². The Labute approximate surface area is 160 Å². The van der Waals surface area contributed by atoms with Crippen LogP contribution in [0.2, 0.25) is 0 Å². The summed E-state index contributed by atoms with van der Waals surface area (Å²) < 4.78 is 5.59. The van der Waals surface area contributed by atoms with Crippen molar-refractivity contribution < 1.29 is 9.53 Å². The smallest absolute Gasteiger partial charge is 0.320 e. The minimum Gasteiger partial charge on any atom is -0.452 e. The summed E-state index contributed by atoms with van der Waals surface area (Å²) in [5.41, 5.74) is 3.10. The van der Waals surface area contributed by atoms with Crippen LogP contribution in [0.1, 0.15) is 28.8 Å². The Bertz CT molecular complexity index is 808. The maximum absolute atomic E-state index is 12.4. The van der Waals surface area contributed by atoms with Crippen molar-refractivity contribution in [3.05, 3.63) is 120 Å². The van der Waals surface area contributed by atoms with Crippen LogP contribution in [0.3, 0.4) is 0 Å². The summed E-state index contributed by atoms with van der Waals surface area (Å²) in [6, 6.07) is 29.6. The van der Waals surface area contributed by atoms with E-state index in [4.69, 9.17) is 4.74 Å². The highest BCUT2D eigenvalue weighted by Gasteiger charge is 2.17. The lowest BCUT2D eigenvalue weighted by molar-refractivity contribution is -0.146. The fourth-order valence-electron chi connectivity index (χ4n) is 2.98. The topological polar surface area (TPSA) is 38.3 Å². The Kier molecular flexibility index (Phi) is 6.55. The maximum Gasteiger partial charge on any atom is 0.320 e. The van der Waals surface area contributed by atoms with Crippen molar-refractivity contribution >= 4 is 5.97 Å². The Morgan fingerprint density at radius 1 is 0.815 bits per heavy atom. The van der Waals surface area contributed by atoms with Gasteiger partial charge in [0.15, 0.2) is 0 Å². The average Bonchev–Trinajstić information content (AvgIpc) is 2.74. The first kappa shape index (κ1) is 18.6. The highest BCUT2D eigenvalue weighted by atomic mass is 16.5. The monoisotopic (exact) mass is 357 g/mol. The number of carbonyl (C=O) groups is 1. The molecular formula is C24H23NO2. The zero-order valence-corrected chi connectivity index (χ0v) is 15.1. The summed E-state index contributed by atoms with van der Waals surface area (Å²) in [5.74, 6) is -0.319. The van der Waals surface area contributed by atoms with Crippen molar-refractivity contribution in [1.29, 1.82) is 0 Å². The van der Waals surface area contributed by atoms with Crippen LogP contribution in [-0.2, 0) is 9.53 Å². The molecule has 1 N–H and O–H groups in total. The number of nitrogens with one attached hydrogen (secondary N) is 1. The third kappa shape index (κ3) is 5.16. The summed E-state index contributed by atoms with van der Waals surface area (Å²) >= 11 is 0. The number of esters is 1. The van der Waals surface area contributed by atoms with Crippen molar-refractivity contribution in [2.45, 2.75) is 12.1 Å². The molecule has 0 radical (unpaired) electrons. The van der Waals surface area contributed by atoms with E-state index in [1.165, 1.54) is 0 Å². The first-order valence-corrected chi connectivity index (χ1v) is 8.98. The highest BCUT2D eigenvalue weighted by Crippen LogP contribution is 2.22. The van der Waals surface area contributed by atoms with Gasteiger partial charge in [0.05, 0.1) is 12.6 Å². The van der Waals surface area contributed by atoms with Crippen LogP contribution in [0.15, 0.2) is 104 Å². The summed E-state index contributed by atoms with van der Waals surface area (Å²) in [6.07, 6.45) is 1.19. The van der Waals surface area contributed by atoms with E-state index in [0.29, 0.717) is 0 Å². The lowest BCUT2D eigenvalue weighted by atomic mass is 9.99. The van der Waals surface area contributed by atoms with E-state index >= 15 is 0 Å². The van der Waals surface area contributed by atoms with Crippen LogP contribution in [0.25, 0.3) is 0 Å². The van der Waals surface area contributed by atoms with E-state index < -0.39 is 6.10 Å². The molecule has 3 aromatic rings. The van der Waals surface area contributed by atoms with Gasteiger partial charge in [-0.25, -0.2) is 0 Å². The largest absolute Gasteiger partial charge is 0.452 e. The fourth-order valence-corrected chi connectivity index (χ4v) is 2.98. The van der Waals surface area contributed by atoms with E-state index in [2.05, 4.69) is 11.9 Å².